The molecule has 0 bridgehead atoms. The number of amides is 1. The Morgan fingerprint density at radius 1 is 1.27 bits per heavy atom. The van der Waals surface area contributed by atoms with Gasteiger partial charge in [-0.3, -0.25) is 4.79 Å². The number of benzene rings is 1. The smallest absolute Gasteiger partial charge is 0.274 e. The topological polar surface area (TPSA) is 72.3 Å². The second kappa shape index (κ2) is 6.93. The van der Waals surface area contributed by atoms with Gasteiger partial charge in [-0.2, -0.15) is 0 Å². The summed E-state index contributed by atoms with van der Waals surface area (Å²) in [5.74, 6) is -0.101. The van der Waals surface area contributed by atoms with Gasteiger partial charge in [0.1, 0.15) is 11.0 Å². The number of carbonyl (C=O) groups is 1. The molecular formula is C18H18ClN5O2. The number of imidazole rings is 1. The van der Waals surface area contributed by atoms with Crippen LogP contribution >= 0.6 is 11.6 Å². The lowest BCUT2D eigenvalue weighted by atomic mass is 10.2. The third kappa shape index (κ3) is 3.11. The maximum absolute atomic E-state index is 12.9. The molecule has 0 radical (unpaired) electrons. The summed E-state index contributed by atoms with van der Waals surface area (Å²) in [6.07, 6.45) is 3.33. The van der Waals surface area contributed by atoms with Gasteiger partial charge in [-0.05, 0) is 18.2 Å². The van der Waals surface area contributed by atoms with Gasteiger partial charge in [0, 0.05) is 30.8 Å². The fraction of sp³-hybridized carbons (Fsp3) is 0.278. The Morgan fingerprint density at radius 2 is 2.08 bits per heavy atom. The van der Waals surface area contributed by atoms with Crippen LogP contribution < -0.4 is 5.32 Å². The minimum Gasteiger partial charge on any atom is -0.378 e. The van der Waals surface area contributed by atoms with E-state index in [0.717, 1.165) is 11.4 Å². The molecule has 8 heteroatoms. The number of anilines is 2. The lowest BCUT2D eigenvalue weighted by molar-refractivity contribution is 0.0300. The summed E-state index contributed by atoms with van der Waals surface area (Å²) in [4.78, 5) is 23.6. The molecule has 1 N–H and O–H groups in total. The number of aromatic nitrogens is 3. The van der Waals surface area contributed by atoms with Crippen LogP contribution in [0.15, 0.2) is 36.8 Å². The number of fused-ring (bicyclic) bond motifs is 1. The zero-order valence-corrected chi connectivity index (χ0v) is 15.0. The molecular weight excluding hydrogens is 354 g/mol. The average Bonchev–Trinajstić information content (AvgIpc) is 3.05. The van der Waals surface area contributed by atoms with E-state index in [2.05, 4.69) is 15.3 Å². The maximum Gasteiger partial charge on any atom is 0.274 e. The SMILES string of the molecule is Cn1cnc2c(Nc3cccc(Cl)c3)cnc(C(=O)N3CCOCC3)c21. The number of halogens is 1. The van der Waals surface area contributed by atoms with Gasteiger partial charge in [0.05, 0.1) is 31.4 Å². The number of nitrogens with zero attached hydrogens (tertiary/aromatic N) is 4. The first-order chi connectivity index (χ1) is 12.6. The summed E-state index contributed by atoms with van der Waals surface area (Å²) in [6, 6.07) is 7.41. The molecule has 3 heterocycles. The third-order valence-electron chi connectivity index (χ3n) is 4.34. The van der Waals surface area contributed by atoms with Crippen molar-refractivity contribution in [1.29, 1.82) is 0 Å². The lowest BCUT2D eigenvalue weighted by Gasteiger charge is -2.26. The van der Waals surface area contributed by atoms with Crippen LogP contribution in [-0.4, -0.2) is 51.6 Å². The third-order valence-corrected chi connectivity index (χ3v) is 4.58. The number of hydrogen-bond donors (Lipinski definition) is 1. The van der Waals surface area contributed by atoms with Crippen molar-refractivity contribution in [3.8, 4) is 0 Å². The fourth-order valence-corrected chi connectivity index (χ4v) is 3.23. The summed E-state index contributed by atoms with van der Waals surface area (Å²) in [7, 11) is 1.86. The van der Waals surface area contributed by atoms with Crippen molar-refractivity contribution >= 4 is 39.9 Å². The molecule has 1 amide bonds. The van der Waals surface area contributed by atoms with Crippen molar-refractivity contribution in [3.05, 3.63) is 47.5 Å². The molecule has 2 aromatic heterocycles. The highest BCUT2D eigenvalue weighted by atomic mass is 35.5. The Bertz CT molecular complexity index is 965. The van der Waals surface area contributed by atoms with Crippen molar-refractivity contribution < 1.29 is 9.53 Å². The second-order valence-electron chi connectivity index (χ2n) is 6.11. The highest BCUT2D eigenvalue weighted by Crippen LogP contribution is 2.28. The molecule has 0 spiro atoms. The lowest BCUT2D eigenvalue weighted by Crippen LogP contribution is -2.41. The van der Waals surface area contributed by atoms with Crippen LogP contribution in [0.2, 0.25) is 5.02 Å². The number of ether oxygens (including phenoxy) is 1. The van der Waals surface area contributed by atoms with E-state index < -0.39 is 0 Å². The number of aryl methyl sites for hydroxylation is 1. The van der Waals surface area contributed by atoms with E-state index in [1.807, 2.05) is 35.9 Å². The van der Waals surface area contributed by atoms with E-state index in [1.54, 1.807) is 17.4 Å². The predicted octanol–water partition coefficient (Wildman–Crippen LogP) is 2.84. The van der Waals surface area contributed by atoms with Crippen LogP contribution in [-0.2, 0) is 11.8 Å². The Balaban J connectivity index is 1.73. The second-order valence-corrected chi connectivity index (χ2v) is 6.55. The Morgan fingerprint density at radius 3 is 2.85 bits per heavy atom. The van der Waals surface area contributed by atoms with Crippen molar-refractivity contribution in [1.82, 2.24) is 19.4 Å². The molecule has 3 aromatic rings. The molecule has 4 rings (SSSR count). The summed E-state index contributed by atoms with van der Waals surface area (Å²) in [6.45, 7) is 2.24. The van der Waals surface area contributed by atoms with Gasteiger partial charge in [0.25, 0.3) is 5.91 Å². The minimum absolute atomic E-state index is 0.101. The molecule has 1 fully saturated rings. The largest absolute Gasteiger partial charge is 0.378 e. The molecule has 0 atom stereocenters. The summed E-state index contributed by atoms with van der Waals surface area (Å²) >= 11 is 6.05. The molecule has 0 aliphatic carbocycles. The van der Waals surface area contributed by atoms with E-state index in [0.29, 0.717) is 48.1 Å². The first-order valence-electron chi connectivity index (χ1n) is 8.33. The first-order valence-corrected chi connectivity index (χ1v) is 8.71. The van der Waals surface area contributed by atoms with Gasteiger partial charge in [-0.15, -0.1) is 0 Å². The summed E-state index contributed by atoms with van der Waals surface area (Å²) in [5.41, 5.74) is 3.35. The van der Waals surface area contributed by atoms with Crippen LogP contribution in [0.25, 0.3) is 11.0 Å². The number of pyridine rings is 1. The van der Waals surface area contributed by atoms with Crippen LogP contribution in [0.5, 0.6) is 0 Å². The number of rotatable bonds is 3. The Kier molecular flexibility index (Phi) is 4.48. The van der Waals surface area contributed by atoms with Crippen LogP contribution in [0.4, 0.5) is 11.4 Å². The quantitative estimate of drug-likeness (QED) is 0.766. The molecule has 26 heavy (non-hydrogen) atoms. The monoisotopic (exact) mass is 371 g/mol. The molecule has 1 aliphatic rings. The van der Waals surface area contributed by atoms with Gasteiger partial charge >= 0.3 is 0 Å². The Hall–Kier alpha value is -2.64. The van der Waals surface area contributed by atoms with Gasteiger partial charge in [-0.25, -0.2) is 9.97 Å². The van der Waals surface area contributed by atoms with Crippen molar-refractivity contribution in [3.63, 3.8) is 0 Å². The molecule has 1 aromatic carbocycles. The van der Waals surface area contributed by atoms with Crippen molar-refractivity contribution in [2.24, 2.45) is 7.05 Å². The highest BCUT2D eigenvalue weighted by molar-refractivity contribution is 6.30. The molecule has 0 unspecified atom stereocenters. The predicted molar refractivity (Wildman–Crippen MR) is 100.0 cm³/mol. The number of nitrogens with one attached hydrogen (secondary N) is 1. The number of hydrogen-bond acceptors (Lipinski definition) is 5. The number of carbonyl (C=O) groups excluding carboxylic acids is 1. The fourth-order valence-electron chi connectivity index (χ4n) is 3.04. The van der Waals surface area contributed by atoms with E-state index in [-0.39, 0.29) is 5.91 Å². The molecule has 7 nitrogen and oxygen atoms in total. The standard InChI is InChI=1S/C18H18ClN5O2/c1-23-11-21-15-14(22-13-4-2-3-12(19)9-13)10-20-16(17(15)23)18(25)24-5-7-26-8-6-24/h2-4,9-11,22H,5-8H2,1H3. The van der Waals surface area contributed by atoms with Gasteiger partial charge in [-0.1, -0.05) is 17.7 Å². The van der Waals surface area contributed by atoms with Gasteiger partial charge in [0.15, 0.2) is 5.69 Å². The zero-order chi connectivity index (χ0) is 18.1. The van der Waals surface area contributed by atoms with E-state index in [1.165, 1.54) is 0 Å². The van der Waals surface area contributed by atoms with E-state index in [9.17, 15) is 4.79 Å². The van der Waals surface area contributed by atoms with E-state index >= 15 is 0 Å². The Labute approximate surface area is 155 Å². The first kappa shape index (κ1) is 16.8. The molecule has 1 saturated heterocycles. The normalized spacial score (nSPS) is 14.6. The zero-order valence-electron chi connectivity index (χ0n) is 14.3. The highest BCUT2D eigenvalue weighted by Gasteiger charge is 2.24. The van der Waals surface area contributed by atoms with Crippen LogP contribution in [0.3, 0.4) is 0 Å². The van der Waals surface area contributed by atoms with Crippen molar-refractivity contribution in [2.75, 3.05) is 31.6 Å². The van der Waals surface area contributed by atoms with E-state index in [4.69, 9.17) is 16.3 Å². The van der Waals surface area contributed by atoms with Gasteiger partial charge < -0.3 is 19.5 Å². The summed E-state index contributed by atoms with van der Waals surface area (Å²) < 4.78 is 7.14. The maximum atomic E-state index is 12.9. The minimum atomic E-state index is -0.101. The van der Waals surface area contributed by atoms with Gasteiger partial charge in [0.2, 0.25) is 0 Å². The molecule has 134 valence electrons. The van der Waals surface area contributed by atoms with Crippen LogP contribution in [0.1, 0.15) is 10.5 Å². The van der Waals surface area contributed by atoms with Crippen molar-refractivity contribution in [2.45, 2.75) is 0 Å². The molecule has 0 saturated carbocycles. The summed E-state index contributed by atoms with van der Waals surface area (Å²) in [5, 5.41) is 3.92. The molecule has 1 aliphatic heterocycles. The van der Waals surface area contributed by atoms with Crippen LogP contribution in [0, 0.1) is 0 Å². The average molecular weight is 372 g/mol. The number of morpholine rings is 1.